The summed E-state index contributed by atoms with van der Waals surface area (Å²) in [6, 6.07) is 8.80. The minimum Gasteiger partial charge on any atom is -0.496 e. The van der Waals surface area contributed by atoms with Gasteiger partial charge in [-0.15, -0.1) is 11.3 Å². The molecular weight excluding hydrogens is 472 g/mol. The molecule has 1 aliphatic rings. The van der Waals surface area contributed by atoms with E-state index in [0.29, 0.717) is 35.0 Å². The normalized spacial score (nSPS) is 15.4. The lowest BCUT2D eigenvalue weighted by Crippen LogP contribution is -2.41. The van der Waals surface area contributed by atoms with Gasteiger partial charge >= 0.3 is 0 Å². The molecule has 0 atom stereocenters. The largest absolute Gasteiger partial charge is 0.496 e. The van der Waals surface area contributed by atoms with Crippen molar-refractivity contribution in [2.75, 3.05) is 25.5 Å². The Morgan fingerprint density at radius 1 is 1.12 bits per heavy atom. The van der Waals surface area contributed by atoms with E-state index in [1.54, 1.807) is 5.38 Å². The Morgan fingerprint density at radius 2 is 1.79 bits per heavy atom. The first-order chi connectivity index (χ1) is 15.8. The Labute approximate surface area is 194 Å². The number of benzene rings is 2. The summed E-state index contributed by atoms with van der Waals surface area (Å²) in [7, 11) is -2.26. The zero-order valence-electron chi connectivity index (χ0n) is 17.6. The van der Waals surface area contributed by atoms with Crippen LogP contribution in [0.25, 0.3) is 11.3 Å². The molecule has 0 spiro atoms. The smallest absolute Gasteiger partial charge is 0.243 e. The molecule has 0 bridgehead atoms. The van der Waals surface area contributed by atoms with Crippen LogP contribution >= 0.6 is 11.3 Å². The molecular formula is C22H21F2N3O4S2. The molecule has 4 rings (SSSR count). The number of aromatic nitrogens is 1. The highest BCUT2D eigenvalue weighted by Gasteiger charge is 2.32. The van der Waals surface area contributed by atoms with Crippen LogP contribution in [0.1, 0.15) is 12.8 Å². The van der Waals surface area contributed by atoms with Crippen molar-refractivity contribution in [2.45, 2.75) is 17.7 Å². The molecule has 7 nitrogen and oxygen atoms in total. The second-order valence-corrected chi connectivity index (χ2v) is 10.3. The van der Waals surface area contributed by atoms with Crippen molar-refractivity contribution < 1.29 is 26.7 Å². The molecule has 3 aromatic rings. The number of thiazole rings is 1. The molecule has 2 aromatic carbocycles. The van der Waals surface area contributed by atoms with Crippen molar-refractivity contribution in [1.82, 2.24) is 9.29 Å². The van der Waals surface area contributed by atoms with E-state index < -0.39 is 21.7 Å². The van der Waals surface area contributed by atoms with E-state index in [1.165, 1.54) is 53.1 Å². The average Bonchev–Trinajstić information content (AvgIpc) is 3.27. The lowest BCUT2D eigenvalue weighted by atomic mass is 9.97. The van der Waals surface area contributed by atoms with Crippen molar-refractivity contribution in [3.8, 4) is 17.0 Å². The van der Waals surface area contributed by atoms with Crippen LogP contribution in [-0.4, -0.2) is 43.8 Å². The number of hydrogen-bond acceptors (Lipinski definition) is 6. The van der Waals surface area contributed by atoms with E-state index in [2.05, 4.69) is 10.3 Å². The molecule has 1 fully saturated rings. The van der Waals surface area contributed by atoms with Crippen molar-refractivity contribution >= 4 is 32.4 Å². The van der Waals surface area contributed by atoms with Gasteiger partial charge in [0.1, 0.15) is 17.4 Å². The fourth-order valence-electron chi connectivity index (χ4n) is 3.66. The molecule has 0 radical (unpaired) electrons. The Kier molecular flexibility index (Phi) is 6.73. The van der Waals surface area contributed by atoms with E-state index in [1.807, 2.05) is 0 Å². The Morgan fingerprint density at radius 3 is 2.45 bits per heavy atom. The SMILES string of the molecule is COc1ccc(F)cc1-c1csc(NC(=O)C2CCN(S(=O)(=O)c3ccc(F)cc3)CC2)n1. The summed E-state index contributed by atoms with van der Waals surface area (Å²) in [5.74, 6) is -1.09. The zero-order valence-corrected chi connectivity index (χ0v) is 19.3. The molecule has 1 saturated heterocycles. The van der Waals surface area contributed by atoms with E-state index in [0.717, 1.165) is 12.1 Å². The molecule has 11 heteroatoms. The number of nitrogens with one attached hydrogen (secondary N) is 1. The fraction of sp³-hybridized carbons (Fsp3) is 0.273. The van der Waals surface area contributed by atoms with Crippen LogP contribution < -0.4 is 10.1 Å². The molecule has 33 heavy (non-hydrogen) atoms. The Balaban J connectivity index is 1.38. The van der Waals surface area contributed by atoms with Crippen LogP contribution in [0.15, 0.2) is 52.7 Å². The van der Waals surface area contributed by atoms with Crippen LogP contribution in [0.5, 0.6) is 5.75 Å². The summed E-state index contributed by atoms with van der Waals surface area (Å²) in [5.41, 5.74) is 0.959. The molecule has 1 N–H and O–H groups in total. The Bertz CT molecular complexity index is 1250. The molecule has 0 unspecified atom stereocenters. The maximum absolute atomic E-state index is 13.7. The van der Waals surface area contributed by atoms with Gasteiger partial charge in [0.15, 0.2) is 5.13 Å². The standard InChI is InChI=1S/C22H21F2N3O4S2/c1-31-20-7-4-16(24)12-18(20)19-13-32-22(25-19)26-21(28)14-8-10-27(11-9-14)33(29,30)17-5-2-15(23)3-6-17/h2-7,12-14H,8-11H2,1H3,(H,25,26,28). The first kappa shape index (κ1) is 23.3. The molecule has 0 saturated carbocycles. The summed E-state index contributed by atoms with van der Waals surface area (Å²) in [6.07, 6.45) is 0.699. The maximum atomic E-state index is 13.7. The molecule has 1 aromatic heterocycles. The van der Waals surface area contributed by atoms with E-state index in [-0.39, 0.29) is 29.8 Å². The number of halogens is 2. The third kappa shape index (κ3) is 5.05. The highest BCUT2D eigenvalue weighted by atomic mass is 32.2. The van der Waals surface area contributed by atoms with Gasteiger partial charge in [-0.1, -0.05) is 0 Å². The highest BCUT2D eigenvalue weighted by molar-refractivity contribution is 7.89. The van der Waals surface area contributed by atoms with E-state index in [9.17, 15) is 22.0 Å². The number of hydrogen-bond donors (Lipinski definition) is 1. The average molecular weight is 494 g/mol. The van der Waals surface area contributed by atoms with Gasteiger partial charge in [0, 0.05) is 30.0 Å². The monoisotopic (exact) mass is 493 g/mol. The number of ether oxygens (including phenoxy) is 1. The predicted molar refractivity (Wildman–Crippen MR) is 121 cm³/mol. The van der Waals surface area contributed by atoms with Crippen LogP contribution in [0.4, 0.5) is 13.9 Å². The van der Waals surface area contributed by atoms with Gasteiger partial charge in [-0.25, -0.2) is 22.2 Å². The van der Waals surface area contributed by atoms with Gasteiger partial charge in [0.05, 0.1) is 17.7 Å². The first-order valence-corrected chi connectivity index (χ1v) is 12.5. The van der Waals surface area contributed by atoms with Gasteiger partial charge in [0.2, 0.25) is 15.9 Å². The van der Waals surface area contributed by atoms with Crippen LogP contribution in [-0.2, 0) is 14.8 Å². The quantitative estimate of drug-likeness (QED) is 0.558. The molecule has 1 aliphatic heterocycles. The number of nitrogens with zero attached hydrogens (tertiary/aromatic N) is 2. The van der Waals surface area contributed by atoms with E-state index >= 15 is 0 Å². The number of amides is 1. The topological polar surface area (TPSA) is 88.6 Å². The minimum absolute atomic E-state index is 0.0230. The number of carbonyl (C=O) groups is 1. The first-order valence-electron chi connectivity index (χ1n) is 10.1. The maximum Gasteiger partial charge on any atom is 0.243 e. The summed E-state index contributed by atoms with van der Waals surface area (Å²) >= 11 is 1.21. The third-order valence-electron chi connectivity index (χ3n) is 5.45. The summed E-state index contributed by atoms with van der Waals surface area (Å²) in [5, 5.41) is 4.83. The third-order valence-corrected chi connectivity index (χ3v) is 8.12. The number of sulfonamides is 1. The second-order valence-electron chi connectivity index (χ2n) is 7.50. The fourth-order valence-corrected chi connectivity index (χ4v) is 5.84. The van der Waals surface area contributed by atoms with Gasteiger partial charge in [-0.2, -0.15) is 4.31 Å². The molecule has 2 heterocycles. The van der Waals surface area contributed by atoms with Crippen LogP contribution in [0.2, 0.25) is 0 Å². The van der Waals surface area contributed by atoms with Crippen molar-refractivity contribution in [3.63, 3.8) is 0 Å². The van der Waals surface area contributed by atoms with Gasteiger partial charge in [-0.05, 0) is 55.3 Å². The number of piperidine rings is 1. The van der Waals surface area contributed by atoms with Crippen molar-refractivity contribution in [1.29, 1.82) is 0 Å². The summed E-state index contributed by atoms with van der Waals surface area (Å²) in [6.45, 7) is 0.364. The molecule has 174 valence electrons. The van der Waals surface area contributed by atoms with Crippen molar-refractivity contribution in [3.05, 3.63) is 59.5 Å². The van der Waals surface area contributed by atoms with Crippen LogP contribution in [0, 0.1) is 17.6 Å². The number of carbonyl (C=O) groups excluding carboxylic acids is 1. The number of anilines is 1. The summed E-state index contributed by atoms with van der Waals surface area (Å²) < 4.78 is 58.8. The predicted octanol–water partition coefficient (Wildman–Crippen LogP) is 4.14. The number of methoxy groups -OCH3 is 1. The molecule has 0 aliphatic carbocycles. The Hall–Kier alpha value is -2.89. The van der Waals surface area contributed by atoms with Gasteiger partial charge < -0.3 is 10.1 Å². The minimum atomic E-state index is -3.74. The highest BCUT2D eigenvalue weighted by Crippen LogP contribution is 2.33. The van der Waals surface area contributed by atoms with Crippen molar-refractivity contribution in [2.24, 2.45) is 5.92 Å². The summed E-state index contributed by atoms with van der Waals surface area (Å²) in [4.78, 5) is 17.1. The molecule has 1 amide bonds. The van der Waals surface area contributed by atoms with Gasteiger partial charge in [-0.3, -0.25) is 4.79 Å². The zero-order chi connectivity index (χ0) is 23.6. The van der Waals surface area contributed by atoms with E-state index in [4.69, 9.17) is 4.74 Å². The number of rotatable bonds is 6. The van der Waals surface area contributed by atoms with Crippen LogP contribution in [0.3, 0.4) is 0 Å². The lowest BCUT2D eigenvalue weighted by Gasteiger charge is -2.30. The lowest BCUT2D eigenvalue weighted by molar-refractivity contribution is -0.120. The van der Waals surface area contributed by atoms with Gasteiger partial charge in [0.25, 0.3) is 0 Å². The second kappa shape index (κ2) is 9.54.